The maximum absolute atomic E-state index is 12.5. The van der Waals surface area contributed by atoms with Crippen LogP contribution in [0, 0.1) is 0 Å². The van der Waals surface area contributed by atoms with Gasteiger partial charge in [-0.15, -0.1) is 0 Å². The van der Waals surface area contributed by atoms with Crippen LogP contribution in [-0.4, -0.2) is 41.8 Å². The molecule has 2 fully saturated rings. The SMILES string of the molecule is CC1(C)O[C@@H]2C(=O)[C@H](O1)C(c1ccc3c(c1)OCO3)C[C@@H]2O. The van der Waals surface area contributed by atoms with Crippen LogP contribution in [0.15, 0.2) is 18.2 Å². The minimum Gasteiger partial charge on any atom is -0.454 e. The molecule has 0 radical (unpaired) electrons. The number of benzene rings is 1. The van der Waals surface area contributed by atoms with Crippen molar-refractivity contribution in [3.63, 3.8) is 0 Å². The number of fused-ring (bicyclic) bond motifs is 3. The first-order valence-corrected chi connectivity index (χ1v) is 7.41. The average molecular weight is 306 g/mol. The number of aliphatic hydroxyl groups is 1. The first-order valence-electron chi connectivity index (χ1n) is 7.41. The summed E-state index contributed by atoms with van der Waals surface area (Å²) in [5.74, 6) is 0.0433. The minimum absolute atomic E-state index is 0.194. The van der Waals surface area contributed by atoms with E-state index in [1.165, 1.54) is 0 Å². The summed E-state index contributed by atoms with van der Waals surface area (Å²) in [4.78, 5) is 12.5. The third-order valence-corrected chi connectivity index (χ3v) is 4.42. The molecular weight excluding hydrogens is 288 g/mol. The molecule has 1 saturated carbocycles. The molecule has 1 N–H and O–H groups in total. The van der Waals surface area contributed by atoms with Crippen LogP contribution in [0.5, 0.6) is 11.5 Å². The van der Waals surface area contributed by atoms with Gasteiger partial charge in [0.1, 0.15) is 12.2 Å². The van der Waals surface area contributed by atoms with Crippen LogP contribution in [0.25, 0.3) is 0 Å². The van der Waals surface area contributed by atoms with Crippen LogP contribution in [0.4, 0.5) is 0 Å². The Hall–Kier alpha value is -1.63. The Balaban J connectivity index is 1.70. The third kappa shape index (κ3) is 2.10. The van der Waals surface area contributed by atoms with Crippen molar-refractivity contribution in [2.45, 2.75) is 50.3 Å². The molecular formula is C16H18O6. The van der Waals surface area contributed by atoms with Gasteiger partial charge in [0.2, 0.25) is 6.79 Å². The Morgan fingerprint density at radius 2 is 1.86 bits per heavy atom. The lowest BCUT2D eigenvalue weighted by atomic mass is 9.77. The predicted molar refractivity (Wildman–Crippen MR) is 74.8 cm³/mol. The highest BCUT2D eigenvalue weighted by molar-refractivity contribution is 5.90. The van der Waals surface area contributed by atoms with Gasteiger partial charge >= 0.3 is 0 Å². The summed E-state index contributed by atoms with van der Waals surface area (Å²) in [6.45, 7) is 3.72. The largest absolute Gasteiger partial charge is 0.454 e. The molecule has 1 saturated heterocycles. The summed E-state index contributed by atoms with van der Waals surface area (Å²) in [5.41, 5.74) is 0.901. The fraction of sp³-hybridized carbons (Fsp3) is 0.562. The molecule has 2 bridgehead atoms. The van der Waals surface area contributed by atoms with Gasteiger partial charge in [-0.1, -0.05) is 6.07 Å². The van der Waals surface area contributed by atoms with E-state index in [1.54, 1.807) is 13.8 Å². The molecule has 3 aliphatic rings. The highest BCUT2D eigenvalue weighted by atomic mass is 16.7. The molecule has 4 rings (SSSR count). The Morgan fingerprint density at radius 3 is 2.68 bits per heavy atom. The summed E-state index contributed by atoms with van der Waals surface area (Å²) in [7, 11) is 0. The van der Waals surface area contributed by atoms with E-state index in [9.17, 15) is 9.90 Å². The quantitative estimate of drug-likeness (QED) is 0.844. The summed E-state index contributed by atoms with van der Waals surface area (Å²) in [6.07, 6.45) is -1.84. The molecule has 118 valence electrons. The number of carbonyl (C=O) groups is 1. The maximum Gasteiger partial charge on any atom is 0.231 e. The number of rotatable bonds is 1. The smallest absolute Gasteiger partial charge is 0.231 e. The van der Waals surface area contributed by atoms with Gasteiger partial charge in [-0.3, -0.25) is 4.79 Å². The van der Waals surface area contributed by atoms with Crippen LogP contribution in [0.3, 0.4) is 0 Å². The van der Waals surface area contributed by atoms with Crippen LogP contribution < -0.4 is 9.47 Å². The molecule has 2 aliphatic heterocycles. The Labute approximate surface area is 127 Å². The summed E-state index contributed by atoms with van der Waals surface area (Å²) < 4.78 is 22.1. The normalized spacial score (nSPS) is 35.5. The summed E-state index contributed by atoms with van der Waals surface area (Å²) in [6, 6.07) is 5.58. The average Bonchev–Trinajstić information content (AvgIpc) is 2.92. The van der Waals surface area contributed by atoms with Crippen molar-refractivity contribution in [3.05, 3.63) is 23.8 Å². The molecule has 0 amide bonds. The van der Waals surface area contributed by atoms with Gasteiger partial charge in [0, 0.05) is 5.92 Å². The monoisotopic (exact) mass is 306 g/mol. The van der Waals surface area contributed by atoms with Gasteiger partial charge in [-0.05, 0) is 38.0 Å². The highest BCUT2D eigenvalue weighted by Gasteiger charge is 2.53. The second-order valence-electron chi connectivity index (χ2n) is 6.40. The molecule has 1 aromatic carbocycles. The molecule has 0 aromatic heterocycles. The molecule has 4 atom stereocenters. The van der Waals surface area contributed by atoms with Crippen molar-refractivity contribution in [2.75, 3.05) is 6.79 Å². The van der Waals surface area contributed by atoms with Crippen molar-refractivity contribution >= 4 is 5.78 Å². The van der Waals surface area contributed by atoms with Crippen molar-refractivity contribution in [1.82, 2.24) is 0 Å². The van der Waals surface area contributed by atoms with Crippen LogP contribution in [-0.2, 0) is 14.3 Å². The lowest BCUT2D eigenvalue weighted by Gasteiger charge is -2.47. The van der Waals surface area contributed by atoms with Gasteiger partial charge in [0.05, 0.1) is 6.10 Å². The number of carbonyl (C=O) groups excluding carboxylic acids is 1. The minimum atomic E-state index is -0.890. The predicted octanol–water partition coefficient (Wildman–Crippen LogP) is 1.35. The molecule has 0 spiro atoms. The number of Topliss-reactive ketones (excluding diaryl/α,β-unsaturated/α-hetero) is 1. The van der Waals surface area contributed by atoms with Gasteiger partial charge in [-0.2, -0.15) is 0 Å². The fourth-order valence-corrected chi connectivity index (χ4v) is 3.43. The van der Waals surface area contributed by atoms with Gasteiger partial charge in [0.25, 0.3) is 0 Å². The second-order valence-corrected chi connectivity index (χ2v) is 6.40. The van der Waals surface area contributed by atoms with Crippen molar-refractivity contribution in [2.24, 2.45) is 0 Å². The van der Waals surface area contributed by atoms with Crippen molar-refractivity contribution in [1.29, 1.82) is 0 Å². The van der Waals surface area contributed by atoms with E-state index in [0.29, 0.717) is 17.9 Å². The zero-order valence-electron chi connectivity index (χ0n) is 12.4. The number of hydrogen-bond donors (Lipinski definition) is 1. The number of ether oxygens (including phenoxy) is 4. The molecule has 22 heavy (non-hydrogen) atoms. The van der Waals surface area contributed by atoms with Crippen molar-refractivity contribution in [3.8, 4) is 11.5 Å². The molecule has 1 unspecified atom stereocenters. The summed E-state index contributed by atoms with van der Waals surface area (Å²) >= 11 is 0. The van der Waals surface area contributed by atoms with E-state index >= 15 is 0 Å². The van der Waals surface area contributed by atoms with E-state index in [-0.39, 0.29) is 18.5 Å². The van der Waals surface area contributed by atoms with Crippen LogP contribution >= 0.6 is 0 Å². The maximum atomic E-state index is 12.5. The topological polar surface area (TPSA) is 74.2 Å². The lowest BCUT2D eigenvalue weighted by molar-refractivity contribution is -0.305. The lowest BCUT2D eigenvalue weighted by Crippen LogP contribution is -2.61. The van der Waals surface area contributed by atoms with Crippen LogP contribution in [0.1, 0.15) is 31.7 Å². The molecule has 1 aliphatic carbocycles. The zero-order valence-corrected chi connectivity index (χ0v) is 12.4. The highest BCUT2D eigenvalue weighted by Crippen LogP contribution is 2.43. The first kappa shape index (κ1) is 14.0. The number of aliphatic hydroxyl groups excluding tert-OH is 1. The van der Waals surface area contributed by atoms with Crippen molar-refractivity contribution < 1.29 is 28.8 Å². The van der Waals surface area contributed by atoms with Crippen LogP contribution in [0.2, 0.25) is 0 Å². The molecule has 6 nitrogen and oxygen atoms in total. The molecule has 2 heterocycles. The Morgan fingerprint density at radius 1 is 1.14 bits per heavy atom. The van der Waals surface area contributed by atoms with Gasteiger partial charge in [0.15, 0.2) is 23.1 Å². The zero-order chi connectivity index (χ0) is 15.5. The van der Waals surface area contributed by atoms with E-state index < -0.39 is 24.1 Å². The fourth-order valence-electron chi connectivity index (χ4n) is 3.43. The molecule has 6 heteroatoms. The molecule has 1 aromatic rings. The second kappa shape index (κ2) is 4.68. The third-order valence-electron chi connectivity index (χ3n) is 4.42. The number of ketones is 1. The van der Waals surface area contributed by atoms with E-state index in [0.717, 1.165) is 5.56 Å². The van der Waals surface area contributed by atoms with E-state index in [1.807, 2.05) is 18.2 Å². The summed E-state index contributed by atoms with van der Waals surface area (Å²) in [5, 5.41) is 10.3. The Bertz CT molecular complexity index is 625. The van der Waals surface area contributed by atoms with E-state index in [4.69, 9.17) is 18.9 Å². The van der Waals surface area contributed by atoms with Gasteiger partial charge < -0.3 is 24.1 Å². The number of hydrogen-bond acceptors (Lipinski definition) is 6. The Kier molecular flexibility index (Phi) is 2.98. The van der Waals surface area contributed by atoms with Gasteiger partial charge in [-0.25, -0.2) is 0 Å². The van der Waals surface area contributed by atoms with E-state index in [2.05, 4.69) is 0 Å². The standard InChI is InChI=1S/C16H18O6/c1-16(2)21-14-9(6-10(17)15(22-16)13(14)18)8-3-4-11-12(5-8)20-7-19-11/h3-5,9-10,14-15,17H,6-7H2,1-2H3/t9?,10-,14+,15-/m0/s1. The first-order chi connectivity index (χ1) is 10.4.